The first-order chi connectivity index (χ1) is 8.43. The van der Waals surface area contributed by atoms with Gasteiger partial charge in [-0.2, -0.15) is 0 Å². The molecule has 0 aromatic heterocycles. The Balaban J connectivity index is 2.15. The van der Waals surface area contributed by atoms with Gasteiger partial charge in [-0.15, -0.1) is 0 Å². The number of amides is 1. The minimum atomic E-state index is -2.92. The number of methoxy groups -OCH3 is 1. The summed E-state index contributed by atoms with van der Waals surface area (Å²) in [6, 6.07) is 0. The molecule has 106 valence electrons. The zero-order valence-corrected chi connectivity index (χ0v) is 11.4. The third-order valence-electron chi connectivity index (χ3n) is 2.96. The molecule has 1 amide bonds. The first-order valence-electron chi connectivity index (χ1n) is 6.07. The van der Waals surface area contributed by atoms with E-state index in [0.717, 1.165) is 0 Å². The van der Waals surface area contributed by atoms with Crippen LogP contribution in [-0.2, 0) is 19.4 Å². The van der Waals surface area contributed by atoms with Crippen LogP contribution in [0.25, 0.3) is 0 Å². The van der Waals surface area contributed by atoms with Crippen LogP contribution in [0.5, 0.6) is 0 Å². The summed E-state index contributed by atoms with van der Waals surface area (Å²) < 4.78 is 27.2. The number of sulfone groups is 1. The van der Waals surface area contributed by atoms with Gasteiger partial charge in [-0.25, -0.2) is 8.42 Å². The van der Waals surface area contributed by atoms with Crippen molar-refractivity contribution in [2.45, 2.75) is 25.4 Å². The van der Waals surface area contributed by atoms with Gasteiger partial charge in [0.15, 0.2) is 9.84 Å². The van der Waals surface area contributed by atoms with Gasteiger partial charge in [0.1, 0.15) is 0 Å². The molecular weight excluding hydrogens is 258 g/mol. The van der Waals surface area contributed by atoms with Crippen LogP contribution in [0.4, 0.5) is 0 Å². The molecule has 1 aliphatic heterocycles. The van der Waals surface area contributed by atoms with Gasteiger partial charge in [0, 0.05) is 20.1 Å². The zero-order chi connectivity index (χ0) is 13.6. The maximum Gasteiger partial charge on any atom is 0.220 e. The Hall–Kier alpha value is -0.660. The molecule has 1 heterocycles. The highest BCUT2D eigenvalue weighted by atomic mass is 32.2. The average molecular weight is 279 g/mol. The van der Waals surface area contributed by atoms with Gasteiger partial charge in [0.25, 0.3) is 0 Å². The monoisotopic (exact) mass is 279 g/mol. The molecule has 6 nitrogen and oxygen atoms in total. The smallest absolute Gasteiger partial charge is 0.220 e. The molecular formula is C11H21NO5S. The van der Waals surface area contributed by atoms with Crippen LogP contribution in [0.2, 0.25) is 0 Å². The molecule has 2 unspecified atom stereocenters. The molecule has 0 aromatic rings. The third kappa shape index (κ3) is 5.79. The Kier molecular flexibility index (Phi) is 6.04. The third-order valence-corrected chi connectivity index (χ3v) is 4.80. The molecule has 1 rings (SSSR count). The first kappa shape index (κ1) is 15.4. The Bertz CT molecular complexity index is 368. The topological polar surface area (TPSA) is 92.7 Å². The molecule has 18 heavy (non-hydrogen) atoms. The van der Waals surface area contributed by atoms with Crippen molar-refractivity contribution in [3.05, 3.63) is 0 Å². The molecule has 2 atom stereocenters. The van der Waals surface area contributed by atoms with Crippen LogP contribution < -0.4 is 5.32 Å². The van der Waals surface area contributed by atoms with Crippen LogP contribution in [0.3, 0.4) is 0 Å². The summed E-state index contributed by atoms with van der Waals surface area (Å²) in [5.74, 6) is 0.102. The van der Waals surface area contributed by atoms with Gasteiger partial charge >= 0.3 is 0 Å². The van der Waals surface area contributed by atoms with E-state index in [1.54, 1.807) is 0 Å². The van der Waals surface area contributed by atoms with Crippen LogP contribution in [-0.4, -0.2) is 57.3 Å². The Morgan fingerprint density at radius 1 is 1.56 bits per heavy atom. The molecule has 0 spiro atoms. The highest BCUT2D eigenvalue weighted by Gasteiger charge is 2.29. The van der Waals surface area contributed by atoms with Crippen molar-refractivity contribution < 1.29 is 23.1 Å². The van der Waals surface area contributed by atoms with Crippen molar-refractivity contribution in [2.75, 3.05) is 31.8 Å². The summed E-state index contributed by atoms with van der Waals surface area (Å²) in [7, 11) is -1.42. The van der Waals surface area contributed by atoms with Gasteiger partial charge in [-0.1, -0.05) is 0 Å². The molecule has 0 radical (unpaired) electrons. The summed E-state index contributed by atoms with van der Waals surface area (Å²) in [5, 5.41) is 12.0. The van der Waals surface area contributed by atoms with Crippen molar-refractivity contribution in [3.8, 4) is 0 Å². The van der Waals surface area contributed by atoms with E-state index in [-0.39, 0.29) is 36.4 Å². The lowest BCUT2D eigenvalue weighted by atomic mass is 10.1. The number of carbonyl (C=O) groups excluding carboxylic acids is 1. The number of hydrogen-bond donors (Lipinski definition) is 2. The minimum Gasteiger partial charge on any atom is -0.391 e. The van der Waals surface area contributed by atoms with E-state index in [1.807, 2.05) is 0 Å². The van der Waals surface area contributed by atoms with E-state index in [2.05, 4.69) is 5.32 Å². The molecule has 1 fully saturated rings. The predicted octanol–water partition coefficient (Wildman–Crippen LogP) is -0.675. The van der Waals surface area contributed by atoms with Crippen molar-refractivity contribution in [1.82, 2.24) is 5.32 Å². The van der Waals surface area contributed by atoms with Gasteiger partial charge in [-0.3, -0.25) is 4.79 Å². The van der Waals surface area contributed by atoms with E-state index in [4.69, 9.17) is 4.74 Å². The quantitative estimate of drug-likeness (QED) is 0.644. The molecule has 1 aliphatic rings. The van der Waals surface area contributed by atoms with Crippen LogP contribution >= 0.6 is 0 Å². The average Bonchev–Trinajstić information content (AvgIpc) is 2.58. The van der Waals surface area contributed by atoms with Crippen LogP contribution in [0.15, 0.2) is 0 Å². The second-order valence-corrected chi connectivity index (χ2v) is 6.95. The fraction of sp³-hybridized carbons (Fsp3) is 0.909. The number of rotatable bonds is 7. The Labute approximate surface area is 108 Å². The lowest BCUT2D eigenvalue weighted by molar-refractivity contribution is -0.121. The van der Waals surface area contributed by atoms with Crippen molar-refractivity contribution in [2.24, 2.45) is 5.92 Å². The molecule has 7 heteroatoms. The summed E-state index contributed by atoms with van der Waals surface area (Å²) >= 11 is 0. The SMILES string of the molecule is COCC(O)CCNC(=O)CC1CCS(=O)(=O)C1. The highest BCUT2D eigenvalue weighted by Crippen LogP contribution is 2.21. The number of carbonyl (C=O) groups is 1. The number of ether oxygens (including phenoxy) is 1. The Morgan fingerprint density at radius 3 is 2.83 bits per heavy atom. The van der Waals surface area contributed by atoms with E-state index in [0.29, 0.717) is 19.4 Å². The van der Waals surface area contributed by atoms with Gasteiger partial charge in [0.2, 0.25) is 5.91 Å². The molecule has 1 saturated heterocycles. The first-order valence-corrected chi connectivity index (χ1v) is 7.89. The van der Waals surface area contributed by atoms with Crippen molar-refractivity contribution in [3.63, 3.8) is 0 Å². The van der Waals surface area contributed by atoms with Gasteiger partial charge < -0.3 is 15.2 Å². The standard InChI is InChI=1S/C11H21NO5S/c1-17-7-10(13)2-4-12-11(14)6-9-3-5-18(15,16)8-9/h9-10,13H,2-8H2,1H3,(H,12,14). The number of aliphatic hydroxyl groups is 1. The van der Waals surface area contributed by atoms with Gasteiger partial charge in [-0.05, 0) is 18.8 Å². The van der Waals surface area contributed by atoms with Crippen molar-refractivity contribution >= 4 is 15.7 Å². The van der Waals surface area contributed by atoms with Crippen LogP contribution in [0.1, 0.15) is 19.3 Å². The lowest BCUT2D eigenvalue weighted by Crippen LogP contribution is -2.30. The second-order valence-electron chi connectivity index (χ2n) is 4.72. The van der Waals surface area contributed by atoms with Crippen molar-refractivity contribution in [1.29, 1.82) is 0 Å². The highest BCUT2D eigenvalue weighted by molar-refractivity contribution is 7.91. The van der Waals surface area contributed by atoms with E-state index < -0.39 is 15.9 Å². The minimum absolute atomic E-state index is 0.0566. The maximum absolute atomic E-state index is 11.5. The second kappa shape index (κ2) is 7.06. The molecule has 2 N–H and O–H groups in total. The lowest BCUT2D eigenvalue weighted by Gasteiger charge is -2.11. The Morgan fingerprint density at radius 2 is 2.28 bits per heavy atom. The largest absolute Gasteiger partial charge is 0.391 e. The van der Waals surface area contributed by atoms with Gasteiger partial charge in [0.05, 0.1) is 24.2 Å². The summed E-state index contributed by atoms with van der Waals surface area (Å²) in [4.78, 5) is 11.5. The number of aliphatic hydroxyl groups excluding tert-OH is 1. The fourth-order valence-electron chi connectivity index (χ4n) is 2.02. The summed E-state index contributed by atoms with van der Waals surface area (Å²) in [6.07, 6.45) is 0.673. The predicted molar refractivity (Wildman–Crippen MR) is 66.9 cm³/mol. The number of nitrogens with one attached hydrogen (secondary N) is 1. The van der Waals surface area contributed by atoms with E-state index in [9.17, 15) is 18.3 Å². The molecule has 0 aromatic carbocycles. The molecule has 0 bridgehead atoms. The molecule has 0 saturated carbocycles. The normalized spacial score (nSPS) is 23.8. The van der Waals surface area contributed by atoms with Crippen LogP contribution in [0, 0.1) is 5.92 Å². The van der Waals surface area contributed by atoms with E-state index in [1.165, 1.54) is 7.11 Å². The summed E-state index contributed by atoms with van der Waals surface area (Å²) in [5.41, 5.74) is 0. The zero-order valence-electron chi connectivity index (χ0n) is 10.6. The fourth-order valence-corrected chi connectivity index (χ4v) is 3.88. The molecule has 0 aliphatic carbocycles. The summed E-state index contributed by atoms with van der Waals surface area (Å²) in [6.45, 7) is 0.625. The number of hydrogen-bond acceptors (Lipinski definition) is 5. The maximum atomic E-state index is 11.5. The van der Waals surface area contributed by atoms with E-state index >= 15 is 0 Å².